The third-order valence-electron chi connectivity index (χ3n) is 9.66. The lowest BCUT2D eigenvalue weighted by Gasteiger charge is -2.49. The first kappa shape index (κ1) is 40.2. The van der Waals surface area contributed by atoms with E-state index in [1.807, 2.05) is 0 Å². The Morgan fingerprint density at radius 3 is 1.67 bits per heavy atom. The molecule has 0 radical (unpaired) electrons. The predicted molar refractivity (Wildman–Crippen MR) is 161 cm³/mol. The van der Waals surface area contributed by atoms with Crippen molar-refractivity contribution in [3.05, 3.63) is 23.8 Å². The van der Waals surface area contributed by atoms with Crippen LogP contribution < -0.4 is 0 Å². The van der Waals surface area contributed by atoms with E-state index in [-0.39, 0.29) is 12.2 Å². The summed E-state index contributed by atoms with van der Waals surface area (Å²) in [6.07, 6.45) is -22.5. The molecule has 3 aliphatic heterocycles. The van der Waals surface area contributed by atoms with Crippen molar-refractivity contribution < 1.29 is 89.4 Å². The smallest absolute Gasteiger partial charge is 0.187 e. The second-order valence-corrected chi connectivity index (χ2v) is 13.6. The first-order valence-corrected chi connectivity index (χ1v) is 16.1. The van der Waals surface area contributed by atoms with Crippen LogP contribution in [0.3, 0.4) is 0 Å². The van der Waals surface area contributed by atoms with Gasteiger partial charge < -0.3 is 84.6 Å². The second-order valence-electron chi connectivity index (χ2n) is 13.6. The fraction of sp³-hybridized carbons (Fsp3) is 0.839. The molecule has 4 rings (SSSR count). The molecule has 17 atom stereocenters. The second kappa shape index (κ2) is 16.0. The van der Waals surface area contributed by atoms with Gasteiger partial charge in [-0.3, -0.25) is 4.79 Å². The number of ether oxygens (including phenoxy) is 6. The lowest BCUT2D eigenvalue weighted by Crippen LogP contribution is -2.67. The van der Waals surface area contributed by atoms with E-state index in [1.54, 1.807) is 27.7 Å². The molecule has 0 spiro atoms. The van der Waals surface area contributed by atoms with Crippen molar-refractivity contribution >= 4 is 5.78 Å². The minimum absolute atomic E-state index is 0.0637. The summed E-state index contributed by atoms with van der Waals surface area (Å²) in [4.78, 5) is 12.2. The van der Waals surface area contributed by atoms with E-state index < -0.39 is 129 Å². The van der Waals surface area contributed by atoms with E-state index in [0.717, 1.165) is 0 Å². The third-order valence-corrected chi connectivity index (χ3v) is 9.66. The van der Waals surface area contributed by atoms with Crippen LogP contribution in [0.4, 0.5) is 0 Å². The van der Waals surface area contributed by atoms with Crippen LogP contribution in [0.5, 0.6) is 0 Å². The highest BCUT2D eigenvalue weighted by Gasteiger charge is 2.55. The van der Waals surface area contributed by atoms with Gasteiger partial charge in [0, 0.05) is 11.8 Å². The molecule has 3 saturated heterocycles. The van der Waals surface area contributed by atoms with Crippen LogP contribution in [-0.4, -0.2) is 186 Å². The van der Waals surface area contributed by atoms with Gasteiger partial charge in [0.2, 0.25) is 0 Å². The quantitative estimate of drug-likeness (QED) is 0.0896. The maximum absolute atomic E-state index is 12.2. The minimum atomic E-state index is -1.93. The number of hydrogen-bond acceptors (Lipinski definition) is 18. The van der Waals surface area contributed by atoms with Crippen LogP contribution in [-0.2, 0) is 33.2 Å². The van der Waals surface area contributed by atoms with E-state index in [4.69, 9.17) is 28.4 Å². The molecule has 282 valence electrons. The molecule has 18 nitrogen and oxygen atoms in total. The Labute approximate surface area is 282 Å². The lowest BCUT2D eigenvalue weighted by molar-refractivity contribution is -0.393. The molecule has 0 bridgehead atoms. The van der Waals surface area contributed by atoms with Crippen molar-refractivity contribution in [1.82, 2.24) is 0 Å². The molecule has 0 unspecified atom stereocenters. The molecule has 0 aromatic heterocycles. The maximum Gasteiger partial charge on any atom is 0.187 e. The van der Waals surface area contributed by atoms with Gasteiger partial charge in [-0.15, -0.1) is 0 Å². The molecule has 11 N–H and O–H groups in total. The van der Waals surface area contributed by atoms with Gasteiger partial charge in [0.15, 0.2) is 24.7 Å². The molecule has 0 aromatic rings. The third kappa shape index (κ3) is 8.11. The van der Waals surface area contributed by atoms with Gasteiger partial charge in [0.05, 0.1) is 25.9 Å². The monoisotopic (exact) mass is 710 g/mol. The van der Waals surface area contributed by atoms with Gasteiger partial charge >= 0.3 is 0 Å². The van der Waals surface area contributed by atoms with E-state index in [0.29, 0.717) is 5.57 Å². The van der Waals surface area contributed by atoms with Gasteiger partial charge in [-0.2, -0.15) is 0 Å². The van der Waals surface area contributed by atoms with Crippen LogP contribution >= 0.6 is 0 Å². The van der Waals surface area contributed by atoms with Crippen molar-refractivity contribution in [1.29, 1.82) is 0 Å². The Kier molecular flexibility index (Phi) is 13.1. The van der Waals surface area contributed by atoms with E-state index in [9.17, 15) is 61.0 Å². The van der Waals surface area contributed by atoms with Gasteiger partial charge in [0.1, 0.15) is 78.8 Å². The fourth-order valence-corrected chi connectivity index (χ4v) is 6.52. The zero-order valence-electron chi connectivity index (χ0n) is 27.6. The van der Waals surface area contributed by atoms with Gasteiger partial charge in [0.25, 0.3) is 0 Å². The summed E-state index contributed by atoms with van der Waals surface area (Å²) < 4.78 is 34.7. The Hall–Kier alpha value is -1.53. The Balaban J connectivity index is 1.67. The predicted octanol–water partition coefficient (Wildman–Crippen LogP) is -4.93. The number of aliphatic hydroxyl groups excluding tert-OH is 10. The average Bonchev–Trinajstić information content (AvgIpc) is 3.05. The first-order chi connectivity index (χ1) is 22.9. The lowest BCUT2D eigenvalue weighted by atomic mass is 9.64. The molecule has 0 saturated carbocycles. The highest BCUT2D eigenvalue weighted by atomic mass is 16.8. The van der Waals surface area contributed by atoms with E-state index in [1.165, 1.54) is 18.2 Å². The molecule has 3 fully saturated rings. The van der Waals surface area contributed by atoms with Crippen LogP contribution in [0.25, 0.3) is 0 Å². The number of aliphatic hydroxyl groups is 11. The summed E-state index contributed by atoms with van der Waals surface area (Å²) in [6, 6.07) is 0. The number of allylic oxidation sites excluding steroid dienone is 1. The van der Waals surface area contributed by atoms with Gasteiger partial charge in [-0.25, -0.2) is 0 Å². The SMILES string of the molecule is CC1=CC(=O)CC(C)(C)[C@@]1(O)/C=C/[C@H](C)O[C@@H]1O[C@H](CO)[C@@H](O)[C@H](O[C@@H]2O[C@H](CO)[C@@H](O)[C@H](O)[C@H]2O)[C@H]1O[C@@H]1O[C@H](CO)[C@@H](O)[C@H](O)[C@H]1O. The molecule has 0 aromatic carbocycles. The highest BCUT2D eigenvalue weighted by molar-refractivity contribution is 5.92. The van der Waals surface area contributed by atoms with Crippen molar-refractivity contribution in [2.45, 2.75) is 138 Å². The Bertz CT molecular complexity index is 1180. The average molecular weight is 711 g/mol. The molecule has 3 heterocycles. The van der Waals surface area contributed by atoms with Crippen molar-refractivity contribution in [2.75, 3.05) is 19.8 Å². The summed E-state index contributed by atoms with van der Waals surface area (Å²) in [5.74, 6) is -0.146. The molecule has 49 heavy (non-hydrogen) atoms. The largest absolute Gasteiger partial charge is 0.394 e. The van der Waals surface area contributed by atoms with Gasteiger partial charge in [-0.1, -0.05) is 19.9 Å². The summed E-state index contributed by atoms with van der Waals surface area (Å²) >= 11 is 0. The standard InChI is InChI=1S/C31H50O18/c1-12-7-14(35)8-30(3,4)31(12,43)6-5-13(2)44-29-26(49-28-24(42)22(40)19(37)16(10-33)46-28)25(20(38)17(11-34)47-29)48-27-23(41)21(39)18(36)15(9-32)45-27/h5-7,13,15-29,32-34,36-43H,8-11H2,1-4H3/b6-5+/t13-,15+,16+,17+,18+,19+,20+,21-,22-,23+,24+,25-,26+,27-,28-,29+,31+/m0/s1. The topological polar surface area (TPSA) is 295 Å². The Morgan fingerprint density at radius 1 is 0.755 bits per heavy atom. The number of hydrogen-bond donors (Lipinski definition) is 11. The van der Waals surface area contributed by atoms with Gasteiger partial charge in [-0.05, 0) is 31.6 Å². The van der Waals surface area contributed by atoms with Crippen molar-refractivity contribution in [3.63, 3.8) is 0 Å². The summed E-state index contributed by atoms with van der Waals surface area (Å²) in [5.41, 5.74) is -2.06. The minimum Gasteiger partial charge on any atom is -0.394 e. The van der Waals surface area contributed by atoms with Crippen LogP contribution in [0.15, 0.2) is 23.8 Å². The number of carbonyl (C=O) groups excluding carboxylic acids is 1. The molecule has 18 heteroatoms. The molecule has 4 aliphatic rings. The maximum atomic E-state index is 12.2. The molecular formula is C31H50O18. The highest BCUT2D eigenvalue weighted by Crippen LogP contribution is 2.44. The first-order valence-electron chi connectivity index (χ1n) is 16.1. The van der Waals surface area contributed by atoms with Crippen molar-refractivity contribution in [3.8, 4) is 0 Å². The zero-order valence-corrected chi connectivity index (χ0v) is 27.6. The van der Waals surface area contributed by atoms with Crippen LogP contribution in [0.2, 0.25) is 0 Å². The summed E-state index contributed by atoms with van der Waals surface area (Å²) in [6.45, 7) is 4.19. The van der Waals surface area contributed by atoms with Crippen LogP contribution in [0, 0.1) is 5.41 Å². The fourth-order valence-electron chi connectivity index (χ4n) is 6.52. The molecule has 0 amide bonds. The molecule has 1 aliphatic carbocycles. The van der Waals surface area contributed by atoms with Crippen LogP contribution in [0.1, 0.15) is 34.1 Å². The normalized spacial score (nSPS) is 46.9. The summed E-state index contributed by atoms with van der Waals surface area (Å²) in [5, 5.41) is 115. The summed E-state index contributed by atoms with van der Waals surface area (Å²) in [7, 11) is 0. The van der Waals surface area contributed by atoms with E-state index in [2.05, 4.69) is 0 Å². The van der Waals surface area contributed by atoms with Crippen molar-refractivity contribution in [2.24, 2.45) is 5.41 Å². The molecular weight excluding hydrogens is 660 g/mol. The zero-order chi connectivity index (χ0) is 36.6. The number of carbonyl (C=O) groups is 1. The number of ketones is 1. The Morgan fingerprint density at radius 2 is 1.20 bits per heavy atom. The van der Waals surface area contributed by atoms with E-state index >= 15 is 0 Å². The number of rotatable bonds is 11.